The molecule has 1 aromatic carbocycles. The molecule has 1 aliphatic carbocycles. The molecular weight excluding hydrogens is 366 g/mol. The molecule has 0 bridgehead atoms. The summed E-state index contributed by atoms with van der Waals surface area (Å²) in [6.45, 7) is 0. The molecule has 3 N–H and O–H groups in total. The third-order valence-electron chi connectivity index (χ3n) is 4.91. The molecule has 3 aromatic rings. The van der Waals surface area contributed by atoms with Crippen molar-refractivity contribution in [1.82, 2.24) is 10.1 Å². The maximum absolute atomic E-state index is 13.1. The van der Waals surface area contributed by atoms with E-state index in [4.69, 9.17) is 10.3 Å². The Bertz CT molecular complexity index is 980. The number of halogens is 2. The van der Waals surface area contributed by atoms with E-state index < -0.39 is 11.8 Å². The lowest BCUT2D eigenvalue weighted by molar-refractivity contribution is -0.115. The predicted molar refractivity (Wildman–Crippen MR) is 99.8 cm³/mol. The molecule has 8 heteroatoms. The van der Waals surface area contributed by atoms with Gasteiger partial charge < -0.3 is 15.6 Å². The van der Waals surface area contributed by atoms with Gasteiger partial charge in [0, 0.05) is 17.8 Å². The van der Waals surface area contributed by atoms with Gasteiger partial charge in [-0.25, -0.2) is 13.8 Å². The Hall–Kier alpha value is -3.29. The number of carbonyl (C=O) groups excluding carboxylic acids is 1. The van der Waals surface area contributed by atoms with Crippen LogP contribution < -0.4 is 11.1 Å². The van der Waals surface area contributed by atoms with E-state index in [2.05, 4.69) is 15.5 Å². The number of hydrogen-bond donors (Lipinski definition) is 2. The van der Waals surface area contributed by atoms with E-state index >= 15 is 0 Å². The zero-order valence-electron chi connectivity index (χ0n) is 14.9. The van der Waals surface area contributed by atoms with E-state index in [-0.39, 0.29) is 23.9 Å². The minimum atomic E-state index is -2.50. The highest BCUT2D eigenvalue weighted by Gasteiger charge is 2.55. The molecule has 0 radical (unpaired) electrons. The van der Waals surface area contributed by atoms with E-state index in [1.54, 1.807) is 12.3 Å². The maximum atomic E-state index is 13.1. The Balaban J connectivity index is 1.38. The molecule has 28 heavy (non-hydrogen) atoms. The van der Waals surface area contributed by atoms with Crippen LogP contribution in [0.15, 0.2) is 53.2 Å². The summed E-state index contributed by atoms with van der Waals surface area (Å²) < 4.78 is 31.2. The van der Waals surface area contributed by atoms with Crippen molar-refractivity contribution in [2.24, 2.45) is 0 Å². The summed E-state index contributed by atoms with van der Waals surface area (Å²) in [5.41, 5.74) is 7.04. The van der Waals surface area contributed by atoms with Crippen LogP contribution in [0.25, 0.3) is 11.1 Å². The second-order valence-electron chi connectivity index (χ2n) is 6.93. The number of hydrogen-bond acceptors (Lipinski definition) is 5. The standard InChI is InChI=1S/C20H18F2N4O2/c21-19(22)20(7-8-20)15-10-17(26-28-15)25-18(27)9-12-1-3-13(4-2-12)14-5-6-16(23)24-11-14/h1-6,10-11,19H,7-9H2,(H2,23,24)(H,25,26,27). The summed E-state index contributed by atoms with van der Waals surface area (Å²) in [4.78, 5) is 16.3. The van der Waals surface area contributed by atoms with Crippen LogP contribution in [0.1, 0.15) is 24.2 Å². The molecule has 1 amide bonds. The van der Waals surface area contributed by atoms with E-state index in [9.17, 15) is 13.6 Å². The van der Waals surface area contributed by atoms with Crippen LogP contribution in [0.4, 0.5) is 20.4 Å². The number of benzene rings is 1. The van der Waals surface area contributed by atoms with E-state index in [0.717, 1.165) is 16.7 Å². The van der Waals surface area contributed by atoms with Crippen molar-refractivity contribution in [2.45, 2.75) is 31.1 Å². The Morgan fingerprint density at radius 1 is 1.18 bits per heavy atom. The molecular formula is C20H18F2N4O2. The van der Waals surface area contributed by atoms with Crippen LogP contribution in [0.5, 0.6) is 0 Å². The quantitative estimate of drug-likeness (QED) is 0.674. The van der Waals surface area contributed by atoms with Crippen LogP contribution in [0, 0.1) is 0 Å². The highest BCUT2D eigenvalue weighted by Crippen LogP contribution is 2.53. The number of rotatable bonds is 6. The SMILES string of the molecule is Nc1ccc(-c2ccc(CC(=O)Nc3cc(C4(C(F)F)CC4)on3)cc2)cn1. The van der Waals surface area contributed by atoms with E-state index in [1.807, 2.05) is 30.3 Å². The number of amides is 1. The Kier molecular flexibility index (Phi) is 4.54. The fraction of sp³-hybridized carbons (Fsp3) is 0.250. The molecule has 1 aliphatic rings. The summed E-state index contributed by atoms with van der Waals surface area (Å²) in [5.74, 6) is 0.425. The second kappa shape index (κ2) is 7.03. The summed E-state index contributed by atoms with van der Waals surface area (Å²) in [6, 6.07) is 12.5. The first kappa shape index (κ1) is 18.1. The van der Waals surface area contributed by atoms with Crippen molar-refractivity contribution in [1.29, 1.82) is 0 Å². The molecule has 144 valence electrons. The number of nitrogens with zero attached hydrogens (tertiary/aromatic N) is 2. The van der Waals surface area contributed by atoms with Crippen LogP contribution >= 0.6 is 0 Å². The smallest absolute Gasteiger partial charge is 0.251 e. The number of nitrogen functional groups attached to an aromatic ring is 1. The molecule has 0 atom stereocenters. The van der Waals surface area contributed by atoms with Crippen LogP contribution in [-0.4, -0.2) is 22.5 Å². The lowest BCUT2D eigenvalue weighted by Crippen LogP contribution is -2.16. The molecule has 0 spiro atoms. The number of alkyl halides is 2. The number of nitrogens with two attached hydrogens (primary N) is 1. The van der Waals surface area contributed by atoms with Gasteiger partial charge in [-0.05, 0) is 36.1 Å². The lowest BCUT2D eigenvalue weighted by Gasteiger charge is -2.08. The Labute approximate surface area is 159 Å². The van der Waals surface area contributed by atoms with Crippen LogP contribution in [0.2, 0.25) is 0 Å². The Morgan fingerprint density at radius 2 is 1.89 bits per heavy atom. The minimum Gasteiger partial charge on any atom is -0.384 e. The normalized spacial score (nSPS) is 14.8. The first-order chi connectivity index (χ1) is 13.5. The number of carbonyl (C=O) groups is 1. The van der Waals surface area contributed by atoms with Gasteiger partial charge in [0.15, 0.2) is 11.6 Å². The molecule has 2 heterocycles. The van der Waals surface area contributed by atoms with Crippen molar-refractivity contribution >= 4 is 17.5 Å². The zero-order chi connectivity index (χ0) is 19.7. The summed E-state index contributed by atoms with van der Waals surface area (Å²) in [6.07, 6.45) is 0.0405. The zero-order valence-corrected chi connectivity index (χ0v) is 14.9. The van der Waals surface area contributed by atoms with Gasteiger partial charge in [0.25, 0.3) is 6.43 Å². The second-order valence-corrected chi connectivity index (χ2v) is 6.93. The largest absolute Gasteiger partial charge is 0.384 e. The first-order valence-corrected chi connectivity index (χ1v) is 8.82. The lowest BCUT2D eigenvalue weighted by atomic mass is 10.0. The topological polar surface area (TPSA) is 94.0 Å². The monoisotopic (exact) mass is 384 g/mol. The van der Waals surface area contributed by atoms with Gasteiger partial charge in [0.2, 0.25) is 5.91 Å². The van der Waals surface area contributed by atoms with Gasteiger partial charge >= 0.3 is 0 Å². The summed E-state index contributed by atoms with van der Waals surface area (Å²) in [7, 11) is 0. The van der Waals surface area contributed by atoms with Crippen molar-refractivity contribution < 1.29 is 18.1 Å². The molecule has 6 nitrogen and oxygen atoms in total. The number of aromatic nitrogens is 2. The molecule has 1 saturated carbocycles. The molecule has 1 fully saturated rings. The van der Waals surface area contributed by atoms with Crippen molar-refractivity contribution in [3.63, 3.8) is 0 Å². The van der Waals surface area contributed by atoms with Gasteiger partial charge in [0.05, 0.1) is 11.8 Å². The highest BCUT2D eigenvalue weighted by atomic mass is 19.3. The Morgan fingerprint density at radius 3 is 2.50 bits per heavy atom. The van der Waals surface area contributed by atoms with Crippen molar-refractivity contribution in [3.05, 3.63) is 60.0 Å². The number of nitrogens with one attached hydrogen (secondary N) is 1. The molecule has 0 aliphatic heterocycles. The van der Waals surface area contributed by atoms with Gasteiger partial charge in [-0.1, -0.05) is 29.4 Å². The predicted octanol–water partition coefficient (Wildman–Crippen LogP) is 3.80. The molecule has 2 aromatic heterocycles. The fourth-order valence-electron chi connectivity index (χ4n) is 3.04. The van der Waals surface area contributed by atoms with Gasteiger partial charge in [0.1, 0.15) is 5.82 Å². The van der Waals surface area contributed by atoms with Crippen LogP contribution in [0.3, 0.4) is 0 Å². The van der Waals surface area contributed by atoms with Gasteiger partial charge in [-0.3, -0.25) is 4.79 Å². The van der Waals surface area contributed by atoms with Gasteiger partial charge in [-0.15, -0.1) is 0 Å². The third kappa shape index (κ3) is 3.58. The molecule has 0 saturated heterocycles. The molecule has 0 unspecified atom stereocenters. The van der Waals surface area contributed by atoms with Crippen molar-refractivity contribution in [2.75, 3.05) is 11.1 Å². The summed E-state index contributed by atoms with van der Waals surface area (Å²) in [5, 5.41) is 6.28. The van der Waals surface area contributed by atoms with Crippen LogP contribution in [-0.2, 0) is 16.6 Å². The minimum absolute atomic E-state index is 0.124. The fourth-order valence-corrected chi connectivity index (χ4v) is 3.04. The summed E-state index contributed by atoms with van der Waals surface area (Å²) >= 11 is 0. The average Bonchev–Trinajstić information content (AvgIpc) is 3.37. The molecule has 4 rings (SSSR count). The number of anilines is 2. The van der Waals surface area contributed by atoms with E-state index in [1.165, 1.54) is 6.07 Å². The highest BCUT2D eigenvalue weighted by molar-refractivity contribution is 5.91. The average molecular weight is 384 g/mol. The maximum Gasteiger partial charge on any atom is 0.251 e. The third-order valence-corrected chi connectivity index (χ3v) is 4.91. The van der Waals surface area contributed by atoms with E-state index in [0.29, 0.717) is 18.7 Å². The number of pyridine rings is 1. The van der Waals surface area contributed by atoms with Gasteiger partial charge in [-0.2, -0.15) is 0 Å². The first-order valence-electron chi connectivity index (χ1n) is 8.82. The van der Waals surface area contributed by atoms with Crippen molar-refractivity contribution in [3.8, 4) is 11.1 Å².